The van der Waals surface area contributed by atoms with Crippen LogP contribution >= 0.6 is 11.5 Å². The molecule has 18 heavy (non-hydrogen) atoms. The molecule has 1 fully saturated rings. The van der Waals surface area contributed by atoms with E-state index in [4.69, 9.17) is 10.5 Å². The molecule has 0 amide bonds. The number of nitrogens with zero attached hydrogens (tertiary/aromatic N) is 2. The van der Waals surface area contributed by atoms with E-state index in [0.717, 1.165) is 30.9 Å². The number of anilines is 2. The van der Waals surface area contributed by atoms with Crippen molar-refractivity contribution in [1.29, 1.82) is 0 Å². The quantitative estimate of drug-likeness (QED) is 0.872. The van der Waals surface area contributed by atoms with Gasteiger partial charge in [0, 0.05) is 19.7 Å². The van der Waals surface area contributed by atoms with Crippen molar-refractivity contribution in [3.05, 3.63) is 0 Å². The SMILES string of the molecule is CC(C)Oc1c(N)nsc1N1CCCC(CO)C1. The topological polar surface area (TPSA) is 71.6 Å². The van der Waals surface area contributed by atoms with Crippen molar-refractivity contribution in [3.63, 3.8) is 0 Å². The second-order valence-electron chi connectivity index (χ2n) is 5.01. The normalized spacial score (nSPS) is 20.4. The van der Waals surface area contributed by atoms with E-state index >= 15 is 0 Å². The first-order chi connectivity index (χ1) is 8.61. The highest BCUT2D eigenvalue weighted by molar-refractivity contribution is 7.11. The van der Waals surface area contributed by atoms with Gasteiger partial charge in [0.15, 0.2) is 16.6 Å². The monoisotopic (exact) mass is 271 g/mol. The Bertz CT molecular complexity index is 395. The first-order valence-corrected chi connectivity index (χ1v) is 7.16. The molecular formula is C12H21N3O2S. The fraction of sp³-hybridized carbons (Fsp3) is 0.750. The van der Waals surface area contributed by atoms with Crippen molar-refractivity contribution >= 4 is 22.4 Å². The highest BCUT2D eigenvalue weighted by Crippen LogP contribution is 2.40. The Morgan fingerprint density at radius 2 is 2.39 bits per heavy atom. The second kappa shape index (κ2) is 5.75. The number of nitrogens with two attached hydrogens (primary N) is 1. The molecule has 1 aliphatic heterocycles. The van der Waals surface area contributed by atoms with Crippen LogP contribution in [-0.4, -0.2) is 35.3 Å². The van der Waals surface area contributed by atoms with E-state index in [1.807, 2.05) is 13.8 Å². The fourth-order valence-corrected chi connectivity index (χ4v) is 3.02. The number of aliphatic hydroxyl groups excluding tert-OH is 1. The first-order valence-electron chi connectivity index (χ1n) is 6.39. The zero-order chi connectivity index (χ0) is 13.1. The molecule has 0 bridgehead atoms. The van der Waals surface area contributed by atoms with E-state index in [2.05, 4.69) is 9.27 Å². The number of hydrogen-bond acceptors (Lipinski definition) is 6. The highest BCUT2D eigenvalue weighted by atomic mass is 32.1. The lowest BCUT2D eigenvalue weighted by Crippen LogP contribution is -2.36. The van der Waals surface area contributed by atoms with Crippen LogP contribution in [0.3, 0.4) is 0 Å². The van der Waals surface area contributed by atoms with Crippen molar-refractivity contribution in [2.75, 3.05) is 30.3 Å². The Morgan fingerprint density at radius 3 is 3.06 bits per heavy atom. The Kier molecular flexibility index (Phi) is 4.29. The summed E-state index contributed by atoms with van der Waals surface area (Å²) >= 11 is 1.38. The number of rotatable bonds is 4. The first kappa shape index (κ1) is 13.4. The zero-order valence-corrected chi connectivity index (χ0v) is 11.7. The van der Waals surface area contributed by atoms with Gasteiger partial charge >= 0.3 is 0 Å². The lowest BCUT2D eigenvalue weighted by molar-refractivity contribution is 0.207. The van der Waals surface area contributed by atoms with E-state index in [0.29, 0.717) is 17.5 Å². The van der Waals surface area contributed by atoms with Crippen LogP contribution in [0, 0.1) is 5.92 Å². The van der Waals surface area contributed by atoms with E-state index in [9.17, 15) is 5.11 Å². The lowest BCUT2D eigenvalue weighted by Gasteiger charge is -2.32. The summed E-state index contributed by atoms with van der Waals surface area (Å²) in [4.78, 5) is 2.23. The van der Waals surface area contributed by atoms with Crippen LogP contribution in [0.5, 0.6) is 5.75 Å². The van der Waals surface area contributed by atoms with E-state index in [-0.39, 0.29) is 12.7 Å². The van der Waals surface area contributed by atoms with Gasteiger partial charge in [-0.2, -0.15) is 4.37 Å². The fourth-order valence-electron chi connectivity index (χ4n) is 2.23. The molecule has 1 aliphatic rings. The average Bonchev–Trinajstić information content (AvgIpc) is 2.71. The lowest BCUT2D eigenvalue weighted by atomic mass is 9.99. The molecule has 2 rings (SSSR count). The molecule has 0 spiro atoms. The molecule has 1 aromatic heterocycles. The molecule has 6 heteroatoms. The molecule has 0 radical (unpaired) electrons. The van der Waals surface area contributed by atoms with Gasteiger partial charge in [-0.3, -0.25) is 0 Å². The van der Waals surface area contributed by atoms with Crippen LogP contribution in [0.4, 0.5) is 10.8 Å². The largest absolute Gasteiger partial charge is 0.484 e. The van der Waals surface area contributed by atoms with Gasteiger partial charge < -0.3 is 20.5 Å². The van der Waals surface area contributed by atoms with Crippen molar-refractivity contribution < 1.29 is 9.84 Å². The van der Waals surface area contributed by atoms with Gasteiger partial charge in [0.2, 0.25) is 0 Å². The number of ether oxygens (including phenoxy) is 1. The summed E-state index contributed by atoms with van der Waals surface area (Å²) in [6.45, 7) is 6.03. The number of aromatic nitrogens is 1. The van der Waals surface area contributed by atoms with Crippen LogP contribution < -0.4 is 15.4 Å². The van der Waals surface area contributed by atoms with Crippen LogP contribution in [0.15, 0.2) is 0 Å². The number of aliphatic hydroxyl groups is 1. The third-order valence-corrected chi connectivity index (χ3v) is 3.98. The summed E-state index contributed by atoms with van der Waals surface area (Å²) < 4.78 is 9.94. The second-order valence-corrected chi connectivity index (χ2v) is 5.76. The third-order valence-electron chi connectivity index (χ3n) is 3.08. The molecule has 0 aromatic carbocycles. The summed E-state index contributed by atoms with van der Waals surface area (Å²) in [5.41, 5.74) is 5.86. The van der Waals surface area contributed by atoms with Crippen molar-refractivity contribution in [2.45, 2.75) is 32.8 Å². The van der Waals surface area contributed by atoms with Crippen LogP contribution in [0.25, 0.3) is 0 Å². The smallest absolute Gasteiger partial charge is 0.198 e. The number of nitrogen functional groups attached to an aromatic ring is 1. The molecule has 1 atom stereocenters. The summed E-state index contributed by atoms with van der Waals surface area (Å²) in [6.07, 6.45) is 2.26. The predicted molar refractivity (Wildman–Crippen MR) is 74.3 cm³/mol. The molecule has 2 heterocycles. The van der Waals surface area contributed by atoms with E-state index in [1.54, 1.807) is 0 Å². The molecule has 5 nitrogen and oxygen atoms in total. The van der Waals surface area contributed by atoms with Gasteiger partial charge in [0.1, 0.15) is 0 Å². The Hall–Kier alpha value is -1.01. The Balaban J connectivity index is 2.16. The van der Waals surface area contributed by atoms with Crippen LogP contribution in [-0.2, 0) is 0 Å². The van der Waals surface area contributed by atoms with Crippen molar-refractivity contribution in [1.82, 2.24) is 4.37 Å². The Morgan fingerprint density at radius 1 is 1.61 bits per heavy atom. The molecule has 102 valence electrons. The standard InChI is InChI=1S/C12H21N3O2S/c1-8(2)17-10-11(13)14-18-12(10)15-5-3-4-9(6-15)7-16/h8-9,16H,3-7H2,1-2H3,(H2,13,14). The highest BCUT2D eigenvalue weighted by Gasteiger charge is 2.25. The minimum Gasteiger partial charge on any atom is -0.484 e. The summed E-state index contributed by atoms with van der Waals surface area (Å²) in [6, 6.07) is 0. The maximum absolute atomic E-state index is 9.28. The van der Waals surface area contributed by atoms with Gasteiger partial charge in [-0.05, 0) is 44.1 Å². The summed E-state index contributed by atoms with van der Waals surface area (Å²) in [7, 11) is 0. The van der Waals surface area contributed by atoms with Gasteiger partial charge in [-0.1, -0.05) is 0 Å². The van der Waals surface area contributed by atoms with E-state index < -0.39 is 0 Å². The zero-order valence-electron chi connectivity index (χ0n) is 10.9. The number of piperidine rings is 1. The molecule has 1 unspecified atom stereocenters. The third kappa shape index (κ3) is 2.87. The molecule has 1 saturated heterocycles. The summed E-state index contributed by atoms with van der Waals surface area (Å²) in [5.74, 6) is 1.51. The molecular weight excluding hydrogens is 250 g/mol. The average molecular weight is 271 g/mol. The summed E-state index contributed by atoms with van der Waals surface area (Å²) in [5, 5.41) is 10.3. The van der Waals surface area contributed by atoms with Crippen molar-refractivity contribution in [2.24, 2.45) is 5.92 Å². The van der Waals surface area contributed by atoms with Gasteiger partial charge in [-0.25, -0.2) is 0 Å². The Labute approximate surface area is 112 Å². The molecule has 0 saturated carbocycles. The van der Waals surface area contributed by atoms with E-state index in [1.165, 1.54) is 11.5 Å². The molecule has 3 N–H and O–H groups in total. The number of hydrogen-bond donors (Lipinski definition) is 2. The maximum atomic E-state index is 9.28. The van der Waals surface area contributed by atoms with Gasteiger partial charge in [0.25, 0.3) is 0 Å². The molecule has 0 aliphatic carbocycles. The minimum absolute atomic E-state index is 0.0841. The van der Waals surface area contributed by atoms with Crippen LogP contribution in [0.2, 0.25) is 0 Å². The van der Waals surface area contributed by atoms with Crippen LogP contribution in [0.1, 0.15) is 26.7 Å². The molecule has 1 aromatic rings. The minimum atomic E-state index is 0.0841. The van der Waals surface area contributed by atoms with Gasteiger partial charge in [-0.15, -0.1) is 0 Å². The van der Waals surface area contributed by atoms with Crippen molar-refractivity contribution in [3.8, 4) is 5.75 Å². The van der Waals surface area contributed by atoms with Gasteiger partial charge in [0.05, 0.1) is 6.10 Å². The predicted octanol–water partition coefficient (Wildman–Crippen LogP) is 1.72. The maximum Gasteiger partial charge on any atom is 0.198 e.